The molecule has 5 nitrogen and oxygen atoms in total. The van der Waals surface area contributed by atoms with Crippen molar-refractivity contribution < 1.29 is 4.79 Å². The zero-order valence-corrected chi connectivity index (χ0v) is 13.7. The maximum atomic E-state index is 12.3. The summed E-state index contributed by atoms with van der Waals surface area (Å²) in [5, 5.41) is 12.0. The molecule has 0 aliphatic carbocycles. The number of aromatic nitrogens is 2. The SMILES string of the molecule is CCNc1nnc(SCC(=O)N(CC)c2ccccc2)s1. The third-order valence-electron chi connectivity index (χ3n) is 2.74. The molecule has 0 fully saturated rings. The van der Waals surface area contributed by atoms with E-state index in [0.717, 1.165) is 21.7 Å². The van der Waals surface area contributed by atoms with Crippen molar-refractivity contribution in [2.75, 3.05) is 29.1 Å². The van der Waals surface area contributed by atoms with Crippen LogP contribution in [0.15, 0.2) is 34.7 Å². The van der Waals surface area contributed by atoms with Gasteiger partial charge in [-0.25, -0.2) is 0 Å². The van der Waals surface area contributed by atoms with Crippen LogP contribution >= 0.6 is 23.1 Å². The molecule has 2 rings (SSSR count). The number of thioether (sulfide) groups is 1. The van der Waals surface area contributed by atoms with Crippen LogP contribution in [0.25, 0.3) is 0 Å². The molecule has 1 amide bonds. The third kappa shape index (κ3) is 4.44. The van der Waals surface area contributed by atoms with Gasteiger partial charge in [-0.3, -0.25) is 4.79 Å². The summed E-state index contributed by atoms with van der Waals surface area (Å²) in [4.78, 5) is 14.1. The molecule has 112 valence electrons. The van der Waals surface area contributed by atoms with Gasteiger partial charge in [0.25, 0.3) is 0 Å². The number of benzene rings is 1. The Labute approximate surface area is 132 Å². The van der Waals surface area contributed by atoms with Crippen LogP contribution in [0.1, 0.15) is 13.8 Å². The van der Waals surface area contributed by atoms with Crippen LogP contribution in [-0.2, 0) is 4.79 Å². The standard InChI is InChI=1S/C14H18N4OS2/c1-3-15-13-16-17-14(21-13)20-10-12(19)18(4-2)11-8-6-5-7-9-11/h5-9H,3-4,10H2,1-2H3,(H,15,16). The van der Waals surface area contributed by atoms with Gasteiger partial charge in [-0.15, -0.1) is 10.2 Å². The first-order valence-electron chi connectivity index (χ1n) is 6.80. The highest BCUT2D eigenvalue weighted by Crippen LogP contribution is 2.26. The summed E-state index contributed by atoms with van der Waals surface area (Å²) >= 11 is 2.90. The van der Waals surface area contributed by atoms with Crippen molar-refractivity contribution in [2.45, 2.75) is 18.2 Å². The van der Waals surface area contributed by atoms with Crippen molar-refractivity contribution in [3.63, 3.8) is 0 Å². The van der Waals surface area contributed by atoms with Crippen LogP contribution in [0.4, 0.5) is 10.8 Å². The first-order valence-corrected chi connectivity index (χ1v) is 8.60. The molecule has 0 radical (unpaired) electrons. The van der Waals surface area contributed by atoms with Crippen LogP contribution in [0.5, 0.6) is 0 Å². The van der Waals surface area contributed by atoms with Crippen molar-refractivity contribution in [1.82, 2.24) is 10.2 Å². The number of amides is 1. The lowest BCUT2D eigenvalue weighted by atomic mass is 10.3. The monoisotopic (exact) mass is 322 g/mol. The van der Waals surface area contributed by atoms with Gasteiger partial charge in [-0.05, 0) is 26.0 Å². The number of carbonyl (C=O) groups excluding carboxylic acids is 1. The Morgan fingerprint density at radius 3 is 2.71 bits per heavy atom. The molecule has 0 saturated heterocycles. The van der Waals surface area contributed by atoms with E-state index >= 15 is 0 Å². The van der Waals surface area contributed by atoms with E-state index in [4.69, 9.17) is 0 Å². The zero-order chi connectivity index (χ0) is 15.1. The van der Waals surface area contributed by atoms with Crippen LogP contribution in [-0.4, -0.2) is 34.9 Å². The van der Waals surface area contributed by atoms with Crippen LogP contribution in [0.2, 0.25) is 0 Å². The van der Waals surface area contributed by atoms with Crippen LogP contribution < -0.4 is 10.2 Å². The summed E-state index contributed by atoms with van der Waals surface area (Å²) in [6.45, 7) is 5.46. The van der Waals surface area contributed by atoms with Crippen molar-refractivity contribution in [3.8, 4) is 0 Å². The normalized spacial score (nSPS) is 10.4. The molecule has 0 bridgehead atoms. The lowest BCUT2D eigenvalue weighted by molar-refractivity contribution is -0.116. The largest absolute Gasteiger partial charge is 0.360 e. The third-order valence-corrected chi connectivity index (χ3v) is 4.74. The van der Waals surface area contributed by atoms with Gasteiger partial charge in [0, 0.05) is 18.8 Å². The van der Waals surface area contributed by atoms with E-state index in [1.165, 1.54) is 23.1 Å². The summed E-state index contributed by atoms with van der Waals surface area (Å²) in [6, 6.07) is 9.71. The maximum Gasteiger partial charge on any atom is 0.237 e. The van der Waals surface area contributed by atoms with Crippen molar-refractivity contribution in [3.05, 3.63) is 30.3 Å². The van der Waals surface area contributed by atoms with Crippen molar-refractivity contribution in [1.29, 1.82) is 0 Å². The molecule has 1 aromatic heterocycles. The van der Waals surface area contributed by atoms with Gasteiger partial charge in [0.1, 0.15) is 0 Å². The number of anilines is 2. The van der Waals surface area contributed by atoms with E-state index in [1.54, 1.807) is 4.90 Å². The van der Waals surface area contributed by atoms with E-state index in [0.29, 0.717) is 12.3 Å². The van der Waals surface area contributed by atoms with Gasteiger partial charge in [0.05, 0.1) is 5.75 Å². The Kier molecular flexibility index (Phi) is 6.01. The molecule has 0 saturated carbocycles. The topological polar surface area (TPSA) is 58.1 Å². The molecule has 1 N–H and O–H groups in total. The minimum atomic E-state index is 0.0777. The van der Waals surface area contributed by atoms with Gasteiger partial charge in [0.15, 0.2) is 4.34 Å². The van der Waals surface area contributed by atoms with Gasteiger partial charge >= 0.3 is 0 Å². The number of nitrogens with one attached hydrogen (secondary N) is 1. The zero-order valence-electron chi connectivity index (χ0n) is 12.1. The van der Waals surface area contributed by atoms with Crippen LogP contribution in [0, 0.1) is 0 Å². The number of rotatable bonds is 7. The number of carbonyl (C=O) groups is 1. The molecule has 0 unspecified atom stereocenters. The molecular weight excluding hydrogens is 304 g/mol. The molecule has 1 heterocycles. The molecule has 2 aromatic rings. The second-order valence-corrected chi connectivity index (χ2v) is 6.37. The second-order valence-electron chi connectivity index (χ2n) is 4.17. The summed E-state index contributed by atoms with van der Waals surface area (Å²) in [5.74, 6) is 0.442. The summed E-state index contributed by atoms with van der Waals surface area (Å²) in [7, 11) is 0. The predicted octanol–water partition coefficient (Wildman–Crippen LogP) is 3.12. The maximum absolute atomic E-state index is 12.3. The van der Waals surface area contributed by atoms with Gasteiger partial charge in [0.2, 0.25) is 11.0 Å². The van der Waals surface area contributed by atoms with Crippen molar-refractivity contribution >= 4 is 39.8 Å². The van der Waals surface area contributed by atoms with E-state index < -0.39 is 0 Å². The molecule has 0 atom stereocenters. The lowest BCUT2D eigenvalue weighted by Gasteiger charge is -2.20. The van der Waals surface area contributed by atoms with Crippen molar-refractivity contribution in [2.24, 2.45) is 0 Å². The molecule has 0 aliphatic heterocycles. The average Bonchev–Trinajstić information content (AvgIpc) is 2.95. The van der Waals surface area contributed by atoms with Gasteiger partial charge in [-0.2, -0.15) is 0 Å². The Morgan fingerprint density at radius 2 is 2.05 bits per heavy atom. The Hall–Kier alpha value is -1.60. The average molecular weight is 322 g/mol. The Balaban J connectivity index is 1.93. The summed E-state index contributed by atoms with van der Waals surface area (Å²) < 4.78 is 0.809. The molecule has 1 aromatic carbocycles. The fourth-order valence-corrected chi connectivity index (χ4v) is 3.50. The predicted molar refractivity (Wildman–Crippen MR) is 89.3 cm³/mol. The first-order chi connectivity index (χ1) is 10.2. The van der Waals surface area contributed by atoms with Crippen LogP contribution in [0.3, 0.4) is 0 Å². The fraction of sp³-hybridized carbons (Fsp3) is 0.357. The molecule has 0 spiro atoms. The Morgan fingerprint density at radius 1 is 1.29 bits per heavy atom. The fourth-order valence-electron chi connectivity index (χ4n) is 1.80. The Bertz CT molecular complexity index is 573. The molecule has 0 aliphatic rings. The number of hydrogen-bond donors (Lipinski definition) is 1. The quantitative estimate of drug-likeness (QED) is 0.794. The second kappa shape index (κ2) is 7.99. The van der Waals surface area contributed by atoms with E-state index in [2.05, 4.69) is 15.5 Å². The molecule has 7 heteroatoms. The highest BCUT2D eigenvalue weighted by Gasteiger charge is 2.15. The highest BCUT2D eigenvalue weighted by atomic mass is 32.2. The highest BCUT2D eigenvalue weighted by molar-refractivity contribution is 8.01. The van der Waals surface area contributed by atoms with E-state index in [1.807, 2.05) is 44.2 Å². The minimum Gasteiger partial charge on any atom is -0.360 e. The molecular formula is C14H18N4OS2. The van der Waals surface area contributed by atoms with E-state index in [9.17, 15) is 4.79 Å². The number of nitrogens with zero attached hydrogens (tertiary/aromatic N) is 3. The smallest absolute Gasteiger partial charge is 0.237 e. The number of para-hydroxylation sites is 1. The minimum absolute atomic E-state index is 0.0777. The van der Waals surface area contributed by atoms with Gasteiger partial charge < -0.3 is 10.2 Å². The van der Waals surface area contributed by atoms with E-state index in [-0.39, 0.29) is 5.91 Å². The molecule has 21 heavy (non-hydrogen) atoms. The lowest BCUT2D eigenvalue weighted by Crippen LogP contribution is -2.32. The first kappa shape index (κ1) is 15.8. The number of hydrogen-bond acceptors (Lipinski definition) is 6. The van der Waals surface area contributed by atoms with Gasteiger partial charge in [-0.1, -0.05) is 41.3 Å². The summed E-state index contributed by atoms with van der Waals surface area (Å²) in [5.41, 5.74) is 0.927. The summed E-state index contributed by atoms with van der Waals surface area (Å²) in [6.07, 6.45) is 0.